The standard InChI is InChI=1S/C16H20Cl3N3/c1-12-10-15(14-3-2-13(19)11-16(14)21-12)20-6-9-22(7-4-17)8-5-18/h2-3,10-11H,4-9H2,1H3,(H,20,21). The van der Waals surface area contributed by atoms with Crippen LogP contribution in [0.2, 0.25) is 5.02 Å². The molecular formula is C16H20Cl3N3. The number of benzene rings is 1. The second-order valence-corrected chi connectivity index (χ2v) is 6.31. The van der Waals surface area contributed by atoms with Gasteiger partial charge >= 0.3 is 0 Å². The largest absolute Gasteiger partial charge is 0.383 e. The van der Waals surface area contributed by atoms with Crippen molar-refractivity contribution in [2.75, 3.05) is 43.3 Å². The van der Waals surface area contributed by atoms with E-state index >= 15 is 0 Å². The van der Waals surface area contributed by atoms with Crippen LogP contribution in [0.5, 0.6) is 0 Å². The van der Waals surface area contributed by atoms with Crippen molar-refractivity contribution >= 4 is 51.4 Å². The van der Waals surface area contributed by atoms with Crippen LogP contribution in [0.25, 0.3) is 10.9 Å². The van der Waals surface area contributed by atoms with Gasteiger partial charge in [0.1, 0.15) is 0 Å². The summed E-state index contributed by atoms with van der Waals surface area (Å²) in [6.45, 7) is 5.41. The zero-order valence-electron chi connectivity index (χ0n) is 12.6. The number of nitrogens with one attached hydrogen (secondary N) is 1. The molecule has 0 spiro atoms. The van der Waals surface area contributed by atoms with E-state index in [1.54, 1.807) is 0 Å². The van der Waals surface area contributed by atoms with Crippen LogP contribution in [0, 0.1) is 6.92 Å². The van der Waals surface area contributed by atoms with Gasteiger partial charge in [-0.2, -0.15) is 0 Å². The highest BCUT2D eigenvalue weighted by molar-refractivity contribution is 6.31. The molecule has 1 N–H and O–H groups in total. The second kappa shape index (κ2) is 8.78. The summed E-state index contributed by atoms with van der Waals surface area (Å²) in [4.78, 5) is 6.78. The summed E-state index contributed by atoms with van der Waals surface area (Å²) in [5, 5.41) is 5.27. The second-order valence-electron chi connectivity index (χ2n) is 5.12. The fraction of sp³-hybridized carbons (Fsp3) is 0.438. The van der Waals surface area contributed by atoms with Crippen molar-refractivity contribution in [3.8, 4) is 0 Å². The first-order valence-electron chi connectivity index (χ1n) is 7.29. The molecule has 0 aliphatic heterocycles. The third-order valence-corrected chi connectivity index (χ3v) is 4.02. The average Bonchev–Trinajstić information content (AvgIpc) is 2.47. The molecule has 1 heterocycles. The van der Waals surface area contributed by atoms with Crippen LogP contribution in [-0.4, -0.2) is 47.8 Å². The molecule has 0 aliphatic rings. The number of anilines is 1. The topological polar surface area (TPSA) is 28.2 Å². The lowest BCUT2D eigenvalue weighted by molar-refractivity contribution is 0.319. The van der Waals surface area contributed by atoms with Gasteiger partial charge in [-0.15, -0.1) is 23.2 Å². The molecule has 0 saturated carbocycles. The average molecular weight is 361 g/mol. The van der Waals surface area contributed by atoms with Crippen LogP contribution in [0.3, 0.4) is 0 Å². The molecule has 0 radical (unpaired) electrons. The maximum Gasteiger partial charge on any atom is 0.0740 e. The van der Waals surface area contributed by atoms with E-state index in [2.05, 4.69) is 21.3 Å². The molecule has 1 aromatic heterocycles. The monoisotopic (exact) mass is 359 g/mol. The van der Waals surface area contributed by atoms with Crippen LogP contribution >= 0.6 is 34.8 Å². The molecule has 0 atom stereocenters. The minimum absolute atomic E-state index is 0.618. The summed E-state index contributed by atoms with van der Waals surface area (Å²) in [5.74, 6) is 1.24. The molecule has 2 aromatic rings. The Morgan fingerprint density at radius 3 is 2.50 bits per heavy atom. The van der Waals surface area contributed by atoms with Gasteiger partial charge in [0.25, 0.3) is 0 Å². The number of aromatic nitrogens is 1. The molecule has 1 aromatic carbocycles. The normalized spacial score (nSPS) is 11.3. The number of hydrogen-bond donors (Lipinski definition) is 1. The van der Waals surface area contributed by atoms with Gasteiger partial charge in [0, 0.05) is 59.7 Å². The van der Waals surface area contributed by atoms with Crippen LogP contribution in [0.1, 0.15) is 5.69 Å². The lowest BCUT2D eigenvalue weighted by atomic mass is 10.1. The number of fused-ring (bicyclic) bond motifs is 1. The molecule has 0 bridgehead atoms. The van der Waals surface area contributed by atoms with Crippen molar-refractivity contribution in [1.29, 1.82) is 0 Å². The van der Waals surface area contributed by atoms with Gasteiger partial charge < -0.3 is 5.32 Å². The number of alkyl halides is 2. The van der Waals surface area contributed by atoms with Gasteiger partial charge in [0.15, 0.2) is 0 Å². The maximum atomic E-state index is 6.05. The highest BCUT2D eigenvalue weighted by Gasteiger charge is 2.06. The van der Waals surface area contributed by atoms with E-state index in [0.717, 1.165) is 48.5 Å². The molecule has 2 rings (SSSR count). The summed E-state index contributed by atoms with van der Waals surface area (Å²) in [7, 11) is 0. The van der Waals surface area contributed by atoms with E-state index in [1.165, 1.54) is 0 Å². The van der Waals surface area contributed by atoms with E-state index in [1.807, 2.05) is 25.1 Å². The smallest absolute Gasteiger partial charge is 0.0740 e. The molecule has 0 amide bonds. The Morgan fingerprint density at radius 2 is 1.82 bits per heavy atom. The van der Waals surface area contributed by atoms with Crippen molar-refractivity contribution in [3.63, 3.8) is 0 Å². The zero-order chi connectivity index (χ0) is 15.9. The summed E-state index contributed by atoms with van der Waals surface area (Å²) >= 11 is 17.7. The summed E-state index contributed by atoms with van der Waals surface area (Å²) in [6.07, 6.45) is 0. The molecule has 22 heavy (non-hydrogen) atoms. The number of aryl methyl sites for hydroxylation is 1. The van der Waals surface area contributed by atoms with Gasteiger partial charge in [-0.1, -0.05) is 11.6 Å². The SMILES string of the molecule is Cc1cc(NCCN(CCCl)CCCl)c2ccc(Cl)cc2n1. The van der Waals surface area contributed by atoms with Crippen LogP contribution < -0.4 is 5.32 Å². The Bertz CT molecular complexity index is 608. The lowest BCUT2D eigenvalue weighted by Gasteiger charge is -2.20. The summed E-state index contributed by atoms with van der Waals surface area (Å²) < 4.78 is 0. The van der Waals surface area contributed by atoms with Gasteiger partial charge in [-0.3, -0.25) is 9.88 Å². The number of rotatable bonds is 8. The van der Waals surface area contributed by atoms with Crippen molar-refractivity contribution in [2.24, 2.45) is 0 Å². The molecular weight excluding hydrogens is 341 g/mol. The maximum absolute atomic E-state index is 6.05. The van der Waals surface area contributed by atoms with Gasteiger partial charge in [0.05, 0.1) is 5.52 Å². The highest BCUT2D eigenvalue weighted by atomic mass is 35.5. The number of halogens is 3. The number of hydrogen-bond acceptors (Lipinski definition) is 3. The fourth-order valence-corrected chi connectivity index (χ4v) is 3.05. The van der Waals surface area contributed by atoms with Crippen molar-refractivity contribution < 1.29 is 0 Å². The molecule has 0 aliphatic carbocycles. The van der Waals surface area contributed by atoms with Crippen molar-refractivity contribution in [2.45, 2.75) is 6.92 Å². The molecule has 0 saturated heterocycles. The highest BCUT2D eigenvalue weighted by Crippen LogP contribution is 2.25. The summed E-state index contributed by atoms with van der Waals surface area (Å²) in [6, 6.07) is 7.84. The summed E-state index contributed by atoms with van der Waals surface area (Å²) in [5.41, 5.74) is 2.96. The molecule has 120 valence electrons. The third-order valence-electron chi connectivity index (χ3n) is 3.44. The molecule has 6 heteroatoms. The Balaban J connectivity index is 2.07. The van der Waals surface area contributed by atoms with Crippen LogP contribution in [0.15, 0.2) is 24.3 Å². The van der Waals surface area contributed by atoms with E-state index in [4.69, 9.17) is 34.8 Å². The predicted octanol–water partition coefficient (Wildman–Crippen LogP) is 4.39. The molecule has 0 unspecified atom stereocenters. The van der Waals surface area contributed by atoms with E-state index in [-0.39, 0.29) is 0 Å². The first kappa shape index (κ1) is 17.6. The minimum Gasteiger partial charge on any atom is -0.383 e. The lowest BCUT2D eigenvalue weighted by Crippen LogP contribution is -2.32. The quantitative estimate of drug-likeness (QED) is 0.708. The predicted molar refractivity (Wildman–Crippen MR) is 97.9 cm³/mol. The Morgan fingerprint density at radius 1 is 1.09 bits per heavy atom. The Hall–Kier alpha value is -0.740. The van der Waals surface area contributed by atoms with E-state index in [9.17, 15) is 0 Å². The minimum atomic E-state index is 0.618. The third kappa shape index (κ3) is 4.88. The Labute approximate surface area is 146 Å². The fourth-order valence-electron chi connectivity index (χ4n) is 2.40. The van der Waals surface area contributed by atoms with Gasteiger partial charge in [-0.05, 0) is 31.2 Å². The first-order valence-corrected chi connectivity index (χ1v) is 8.74. The van der Waals surface area contributed by atoms with Gasteiger partial charge in [0.2, 0.25) is 0 Å². The number of pyridine rings is 1. The van der Waals surface area contributed by atoms with E-state index < -0.39 is 0 Å². The first-order chi connectivity index (χ1) is 10.6. The van der Waals surface area contributed by atoms with Crippen molar-refractivity contribution in [3.05, 3.63) is 35.0 Å². The van der Waals surface area contributed by atoms with Crippen molar-refractivity contribution in [1.82, 2.24) is 9.88 Å². The molecule has 3 nitrogen and oxygen atoms in total. The van der Waals surface area contributed by atoms with Crippen LogP contribution in [0.4, 0.5) is 5.69 Å². The van der Waals surface area contributed by atoms with Crippen LogP contribution in [-0.2, 0) is 0 Å². The molecule has 0 fully saturated rings. The Kier molecular flexibility index (Phi) is 7.03. The number of nitrogens with zero attached hydrogens (tertiary/aromatic N) is 2. The van der Waals surface area contributed by atoms with E-state index in [0.29, 0.717) is 16.8 Å². The zero-order valence-corrected chi connectivity index (χ0v) is 14.8. The van der Waals surface area contributed by atoms with Gasteiger partial charge in [-0.25, -0.2) is 0 Å².